The molecule has 0 unspecified atom stereocenters. The van der Waals surface area contributed by atoms with Gasteiger partial charge < -0.3 is 31.5 Å². The standard InChI is InChI=1S/C33H40FN3O7/c1-15-11-17-13-21-23(27(38)20-12-16(9-10-19(20)25(21)34)14-36-18-7-5-6-8-18)28(39)22(17)30(41)33(2,44)31(42)24(32(35)43)29(40)26(15)37(3)4/h9-10,12,15,17-18,26,36,38,40-41,44H,5-8,11,13-14H2,1-4H3,(H2,35,43)/b29-24-,30-22-/t15-,17+,26-,33-/m0/s1. The molecule has 1 amide bonds. The largest absolute Gasteiger partial charge is 0.510 e. The molecular formula is C33H40FN3O7. The number of allylic oxidation sites excluding steroid dienone is 1. The molecule has 0 aliphatic heterocycles. The van der Waals surface area contributed by atoms with Crippen molar-refractivity contribution in [3.8, 4) is 5.75 Å². The molecule has 4 atom stereocenters. The molecule has 3 aliphatic carbocycles. The third-order valence-corrected chi connectivity index (χ3v) is 9.58. The molecular weight excluding hydrogens is 569 g/mol. The van der Waals surface area contributed by atoms with Crippen LogP contribution in [0.4, 0.5) is 4.39 Å². The Morgan fingerprint density at radius 3 is 2.41 bits per heavy atom. The van der Waals surface area contributed by atoms with Crippen molar-refractivity contribution in [3.05, 3.63) is 63.4 Å². The van der Waals surface area contributed by atoms with E-state index < -0.39 is 69.6 Å². The summed E-state index contributed by atoms with van der Waals surface area (Å²) in [6, 6.07) is 4.44. The van der Waals surface area contributed by atoms with Crippen molar-refractivity contribution in [1.82, 2.24) is 10.2 Å². The Hall–Kier alpha value is -3.80. The molecule has 0 bridgehead atoms. The van der Waals surface area contributed by atoms with E-state index in [4.69, 9.17) is 5.73 Å². The second kappa shape index (κ2) is 11.6. The van der Waals surface area contributed by atoms with Gasteiger partial charge in [0.05, 0.1) is 11.6 Å². The normalized spacial score (nSPS) is 30.1. The van der Waals surface area contributed by atoms with Crippen molar-refractivity contribution in [2.45, 2.75) is 76.6 Å². The van der Waals surface area contributed by atoms with Gasteiger partial charge in [0, 0.05) is 34.5 Å². The Balaban J connectivity index is 1.68. The highest BCUT2D eigenvalue weighted by Crippen LogP contribution is 2.46. The lowest BCUT2D eigenvalue weighted by atomic mass is 9.70. The summed E-state index contributed by atoms with van der Waals surface area (Å²) in [5.74, 6) is -7.94. The number of Topliss-reactive ketones (excluding diaryl/α,β-unsaturated/α-hetero) is 2. The number of fused-ring (bicyclic) bond motifs is 3. The minimum absolute atomic E-state index is 0.0346. The highest BCUT2D eigenvalue weighted by atomic mass is 19.1. The lowest BCUT2D eigenvalue weighted by Crippen LogP contribution is -2.48. The van der Waals surface area contributed by atoms with Crippen molar-refractivity contribution in [1.29, 1.82) is 0 Å². The molecule has 2 aromatic rings. The number of nitrogens with one attached hydrogen (secondary N) is 1. The fraction of sp³-hybridized carbons (Fsp3) is 0.485. The molecule has 44 heavy (non-hydrogen) atoms. The van der Waals surface area contributed by atoms with Gasteiger partial charge in [0.2, 0.25) is 5.78 Å². The second-order valence-electron chi connectivity index (χ2n) is 12.9. The van der Waals surface area contributed by atoms with Crippen molar-refractivity contribution < 1.29 is 39.2 Å². The lowest BCUT2D eigenvalue weighted by molar-refractivity contribution is -0.133. The van der Waals surface area contributed by atoms with Gasteiger partial charge in [-0.15, -0.1) is 0 Å². The topological polar surface area (TPSA) is 173 Å². The number of nitrogens with two attached hydrogens (primary N) is 1. The molecule has 236 valence electrons. The maximum absolute atomic E-state index is 16.2. The molecule has 5 rings (SSSR count). The average molecular weight is 610 g/mol. The average Bonchev–Trinajstić information content (AvgIpc) is 3.47. The van der Waals surface area contributed by atoms with Crippen molar-refractivity contribution in [3.63, 3.8) is 0 Å². The number of ketones is 2. The number of nitrogens with zero attached hydrogens (tertiary/aromatic N) is 1. The minimum atomic E-state index is -2.85. The van der Waals surface area contributed by atoms with E-state index in [0.29, 0.717) is 12.6 Å². The number of aliphatic hydroxyl groups excluding tert-OH is 2. The molecule has 0 aromatic heterocycles. The number of rotatable bonds is 5. The molecule has 0 heterocycles. The number of benzene rings is 2. The van der Waals surface area contributed by atoms with E-state index in [1.165, 1.54) is 0 Å². The Morgan fingerprint density at radius 2 is 1.80 bits per heavy atom. The third-order valence-electron chi connectivity index (χ3n) is 9.58. The predicted octanol–water partition coefficient (Wildman–Crippen LogP) is 3.47. The molecule has 2 aromatic carbocycles. The number of hydrogen-bond acceptors (Lipinski definition) is 9. The van der Waals surface area contributed by atoms with Crippen LogP contribution in [0.1, 0.15) is 67.4 Å². The maximum Gasteiger partial charge on any atom is 0.255 e. The molecule has 1 fully saturated rings. The number of phenolic OH excluding ortho intramolecular Hbond substituents is 1. The fourth-order valence-electron chi connectivity index (χ4n) is 7.35. The first-order valence-electron chi connectivity index (χ1n) is 15.0. The van der Waals surface area contributed by atoms with Crippen LogP contribution >= 0.6 is 0 Å². The summed E-state index contributed by atoms with van der Waals surface area (Å²) >= 11 is 0. The van der Waals surface area contributed by atoms with E-state index in [9.17, 15) is 34.8 Å². The molecule has 1 saturated carbocycles. The van der Waals surface area contributed by atoms with E-state index in [2.05, 4.69) is 5.32 Å². The quantitative estimate of drug-likeness (QED) is 0.278. The Bertz CT molecular complexity index is 1620. The fourth-order valence-corrected chi connectivity index (χ4v) is 7.35. The lowest BCUT2D eigenvalue weighted by Gasteiger charge is -2.38. The first-order chi connectivity index (χ1) is 20.7. The molecule has 0 spiro atoms. The van der Waals surface area contributed by atoms with Crippen LogP contribution in [0.3, 0.4) is 0 Å². The van der Waals surface area contributed by atoms with E-state index >= 15 is 4.39 Å². The van der Waals surface area contributed by atoms with Crippen molar-refractivity contribution in [2.75, 3.05) is 14.1 Å². The van der Waals surface area contributed by atoms with Crippen LogP contribution < -0.4 is 11.1 Å². The Labute approximate surface area is 255 Å². The number of halogens is 1. The van der Waals surface area contributed by atoms with Gasteiger partial charge in [0.15, 0.2) is 11.4 Å². The van der Waals surface area contributed by atoms with Gasteiger partial charge >= 0.3 is 0 Å². The number of likely N-dealkylation sites (N-methyl/N-ethyl adjacent to an activating group) is 1. The smallest absolute Gasteiger partial charge is 0.255 e. The SMILES string of the molecule is C[C@H]1C[C@@H]2Cc3c(c(O)c4cc(CNC5CCCC5)ccc4c3F)C(=O)/C2=C(\O)[C@](C)(O)C(=O)/C(C(N)=O)=C(/O)[C@H]1N(C)C. The monoisotopic (exact) mass is 609 g/mol. The van der Waals surface area contributed by atoms with E-state index in [-0.39, 0.29) is 40.3 Å². The number of aliphatic hydroxyl groups is 3. The van der Waals surface area contributed by atoms with E-state index in [0.717, 1.165) is 38.2 Å². The van der Waals surface area contributed by atoms with Gasteiger partial charge in [0.25, 0.3) is 5.91 Å². The van der Waals surface area contributed by atoms with Crippen LogP contribution in [0.15, 0.2) is 40.9 Å². The summed E-state index contributed by atoms with van der Waals surface area (Å²) in [5.41, 5.74) is 1.77. The highest BCUT2D eigenvalue weighted by molar-refractivity contribution is 6.24. The number of amides is 1. The molecule has 7 N–H and O–H groups in total. The Morgan fingerprint density at radius 1 is 1.14 bits per heavy atom. The Kier molecular flexibility index (Phi) is 8.34. The van der Waals surface area contributed by atoms with Gasteiger partial charge in [-0.2, -0.15) is 0 Å². The number of carbonyl (C=O) groups excluding carboxylic acids is 3. The van der Waals surface area contributed by atoms with Crippen LogP contribution in [0, 0.1) is 17.7 Å². The first-order valence-corrected chi connectivity index (χ1v) is 15.0. The van der Waals surface area contributed by atoms with Gasteiger partial charge in [-0.05, 0) is 70.2 Å². The zero-order valence-corrected chi connectivity index (χ0v) is 25.4. The summed E-state index contributed by atoms with van der Waals surface area (Å²) in [6.07, 6.45) is 4.42. The van der Waals surface area contributed by atoms with Crippen LogP contribution in [-0.2, 0) is 22.6 Å². The molecule has 3 aliphatic rings. The number of aromatic hydroxyl groups is 1. The van der Waals surface area contributed by atoms with Crippen molar-refractivity contribution >= 4 is 28.2 Å². The summed E-state index contributed by atoms with van der Waals surface area (Å²) in [7, 11) is 3.22. The number of primary amides is 1. The van der Waals surface area contributed by atoms with Crippen LogP contribution in [-0.4, -0.2) is 74.6 Å². The zero-order chi connectivity index (χ0) is 32.2. The summed E-state index contributed by atoms with van der Waals surface area (Å²) in [5, 5.41) is 49.0. The van der Waals surface area contributed by atoms with Crippen molar-refractivity contribution in [2.24, 2.45) is 17.6 Å². The maximum atomic E-state index is 16.2. The predicted molar refractivity (Wildman–Crippen MR) is 162 cm³/mol. The third kappa shape index (κ3) is 5.16. The number of carbonyl (C=O) groups is 3. The zero-order valence-electron chi connectivity index (χ0n) is 25.4. The molecule has 11 heteroatoms. The second-order valence-corrected chi connectivity index (χ2v) is 12.9. The summed E-state index contributed by atoms with van der Waals surface area (Å²) < 4.78 is 16.2. The van der Waals surface area contributed by atoms with Gasteiger partial charge in [0.1, 0.15) is 28.7 Å². The number of phenols is 1. The summed E-state index contributed by atoms with van der Waals surface area (Å²) in [6.45, 7) is 3.11. The van der Waals surface area contributed by atoms with Crippen LogP contribution in [0.2, 0.25) is 0 Å². The summed E-state index contributed by atoms with van der Waals surface area (Å²) in [4.78, 5) is 41.7. The minimum Gasteiger partial charge on any atom is -0.510 e. The molecule has 0 saturated heterocycles. The van der Waals surface area contributed by atoms with E-state index in [1.54, 1.807) is 44.1 Å². The van der Waals surface area contributed by atoms with Crippen LogP contribution in [0.5, 0.6) is 5.75 Å². The van der Waals surface area contributed by atoms with Gasteiger partial charge in [-0.25, -0.2) is 4.39 Å². The number of hydrogen-bond donors (Lipinski definition) is 6. The van der Waals surface area contributed by atoms with Crippen LogP contribution in [0.25, 0.3) is 10.8 Å². The van der Waals surface area contributed by atoms with E-state index in [1.807, 2.05) is 0 Å². The molecule has 10 nitrogen and oxygen atoms in total. The van der Waals surface area contributed by atoms with Gasteiger partial charge in [-0.3, -0.25) is 19.3 Å². The first kappa shape index (κ1) is 31.6. The van der Waals surface area contributed by atoms with Gasteiger partial charge in [-0.1, -0.05) is 31.9 Å². The highest BCUT2D eigenvalue weighted by Gasteiger charge is 2.49. The molecule has 0 radical (unpaired) electrons.